The van der Waals surface area contributed by atoms with Crippen LogP contribution in [0.15, 0.2) is 6.20 Å². The van der Waals surface area contributed by atoms with E-state index in [1.54, 1.807) is 11.8 Å². The molecule has 0 bridgehead atoms. The van der Waals surface area contributed by atoms with Crippen molar-refractivity contribution < 1.29 is 24.1 Å². The molecule has 4 rings (SSSR count). The maximum Gasteiger partial charge on any atom is 0.157 e. The molecule has 1 N–H and O–H groups in total. The zero-order chi connectivity index (χ0) is 27.2. The Morgan fingerprint density at radius 3 is 2.71 bits per heavy atom. The minimum absolute atomic E-state index is 0.102. The van der Waals surface area contributed by atoms with Crippen LogP contribution in [0.1, 0.15) is 90.7 Å². The van der Waals surface area contributed by atoms with Gasteiger partial charge in [-0.25, -0.2) is 4.68 Å². The molecule has 0 saturated heterocycles. The normalized spacial score (nSPS) is 32.5. The smallest absolute Gasteiger partial charge is 0.157 e. The number of rotatable bonds is 15. The van der Waals surface area contributed by atoms with Crippen molar-refractivity contribution in [2.24, 2.45) is 35.0 Å². The second-order valence-electron chi connectivity index (χ2n) is 12.7. The Kier molecular flexibility index (Phi) is 10.4. The van der Waals surface area contributed by atoms with Crippen molar-refractivity contribution in [3.8, 4) is 0 Å². The number of ketones is 1. The van der Waals surface area contributed by atoms with Gasteiger partial charge >= 0.3 is 0 Å². The van der Waals surface area contributed by atoms with Gasteiger partial charge in [0.15, 0.2) is 5.78 Å². The summed E-state index contributed by atoms with van der Waals surface area (Å²) in [5.74, 6) is 3.32. The summed E-state index contributed by atoms with van der Waals surface area (Å²) in [6, 6.07) is 0. The molecule has 0 aliphatic heterocycles. The number of aliphatic hydroxyl groups is 1. The number of nitrogens with zero attached hydrogens (tertiary/aromatic N) is 3. The first-order chi connectivity index (χ1) is 18.3. The van der Waals surface area contributed by atoms with Gasteiger partial charge in [0.2, 0.25) is 0 Å². The highest BCUT2D eigenvalue weighted by Gasteiger charge is 2.56. The van der Waals surface area contributed by atoms with E-state index in [4.69, 9.17) is 14.2 Å². The van der Waals surface area contributed by atoms with Crippen molar-refractivity contribution in [1.82, 2.24) is 15.0 Å². The Morgan fingerprint density at radius 2 is 1.92 bits per heavy atom. The molecule has 1 heterocycles. The highest BCUT2D eigenvalue weighted by Crippen LogP contribution is 2.63. The molecule has 0 radical (unpaired) electrons. The standard InChI is InChI=1S/C30H51N3O5/c1-5-29(2,35)13-11-22-7-6-8-25-24(22)12-14-30(3)26(25)9-10-27(30)28(34)20-33-19-23(31-32-33)21-38-18-17-37-16-15-36-4/h19,22,24-27,35H,5-18,20-21H2,1-4H3/t22-,24-,25-,26+,27-,29+,30+/m1/s1. The van der Waals surface area contributed by atoms with Crippen LogP contribution in [0.4, 0.5) is 0 Å². The molecule has 1 aromatic rings. The molecule has 8 nitrogen and oxygen atoms in total. The van der Waals surface area contributed by atoms with Crippen LogP contribution in [0.3, 0.4) is 0 Å². The number of Topliss-reactive ketones (excluding diaryl/α,β-unsaturated/α-hetero) is 1. The molecule has 3 aliphatic rings. The number of aromatic nitrogens is 3. The molecular weight excluding hydrogens is 482 g/mol. The summed E-state index contributed by atoms with van der Waals surface area (Å²) in [6.07, 6.45) is 13.2. The zero-order valence-electron chi connectivity index (χ0n) is 24.2. The third-order valence-corrected chi connectivity index (χ3v) is 10.4. The first kappa shape index (κ1) is 29.6. The molecule has 3 saturated carbocycles. The number of carbonyl (C=O) groups is 1. The fourth-order valence-electron chi connectivity index (χ4n) is 8.00. The highest BCUT2D eigenvalue weighted by atomic mass is 16.5. The van der Waals surface area contributed by atoms with Gasteiger partial charge in [-0.2, -0.15) is 0 Å². The Labute approximate surface area is 229 Å². The fourth-order valence-corrected chi connectivity index (χ4v) is 8.00. The number of methoxy groups -OCH3 is 1. The van der Waals surface area contributed by atoms with Crippen molar-refractivity contribution in [3.63, 3.8) is 0 Å². The van der Waals surface area contributed by atoms with Gasteiger partial charge in [-0.05, 0) is 87.4 Å². The highest BCUT2D eigenvalue weighted by molar-refractivity contribution is 5.82. The fraction of sp³-hybridized carbons (Fsp3) is 0.900. The van der Waals surface area contributed by atoms with Crippen LogP contribution in [0, 0.1) is 35.0 Å². The molecule has 7 atom stereocenters. The summed E-state index contributed by atoms with van der Waals surface area (Å²) in [5.41, 5.74) is 0.304. The molecule has 216 valence electrons. The van der Waals surface area contributed by atoms with Crippen LogP contribution < -0.4 is 0 Å². The van der Waals surface area contributed by atoms with Crippen LogP contribution in [0.25, 0.3) is 0 Å². The Hall–Kier alpha value is -1.35. The Balaban J connectivity index is 1.28. The largest absolute Gasteiger partial charge is 0.390 e. The van der Waals surface area contributed by atoms with E-state index in [9.17, 15) is 9.90 Å². The lowest BCUT2D eigenvalue weighted by molar-refractivity contribution is -0.130. The van der Waals surface area contributed by atoms with Gasteiger partial charge in [-0.1, -0.05) is 31.9 Å². The van der Waals surface area contributed by atoms with Crippen LogP contribution >= 0.6 is 0 Å². The molecule has 0 unspecified atom stereocenters. The Bertz CT molecular complexity index is 889. The minimum Gasteiger partial charge on any atom is -0.390 e. The van der Waals surface area contributed by atoms with E-state index in [-0.39, 0.29) is 11.3 Å². The van der Waals surface area contributed by atoms with Crippen molar-refractivity contribution in [1.29, 1.82) is 0 Å². The van der Waals surface area contributed by atoms with E-state index < -0.39 is 5.60 Å². The summed E-state index contributed by atoms with van der Waals surface area (Å²) < 4.78 is 17.7. The number of carbonyl (C=O) groups excluding carboxylic acids is 1. The molecule has 3 fully saturated rings. The predicted octanol–water partition coefficient (Wildman–Crippen LogP) is 4.83. The van der Waals surface area contributed by atoms with Crippen LogP contribution in [0.5, 0.6) is 0 Å². The average molecular weight is 534 g/mol. The van der Waals surface area contributed by atoms with Crippen molar-refractivity contribution >= 4 is 5.78 Å². The molecular formula is C30H51N3O5. The van der Waals surface area contributed by atoms with Gasteiger partial charge in [-0.3, -0.25) is 4.79 Å². The third kappa shape index (κ3) is 7.04. The van der Waals surface area contributed by atoms with Crippen molar-refractivity contribution in [3.05, 3.63) is 11.9 Å². The number of hydrogen-bond acceptors (Lipinski definition) is 7. The summed E-state index contributed by atoms with van der Waals surface area (Å²) in [6.45, 7) is 9.28. The van der Waals surface area contributed by atoms with Crippen molar-refractivity contribution in [2.75, 3.05) is 33.5 Å². The predicted molar refractivity (Wildman–Crippen MR) is 145 cm³/mol. The first-order valence-electron chi connectivity index (χ1n) is 15.1. The average Bonchev–Trinajstić information content (AvgIpc) is 3.50. The second kappa shape index (κ2) is 13.3. The number of ether oxygens (including phenoxy) is 3. The quantitative estimate of drug-likeness (QED) is 0.323. The summed E-state index contributed by atoms with van der Waals surface area (Å²) in [4.78, 5) is 13.6. The van der Waals surface area contributed by atoms with E-state index in [1.165, 1.54) is 32.1 Å². The number of fused-ring (bicyclic) bond motifs is 3. The lowest BCUT2D eigenvalue weighted by atomic mass is 9.52. The lowest BCUT2D eigenvalue weighted by Crippen LogP contribution is -2.47. The number of hydrogen-bond donors (Lipinski definition) is 1. The molecule has 8 heteroatoms. The van der Waals surface area contributed by atoms with Crippen LogP contribution in [0.2, 0.25) is 0 Å². The topological polar surface area (TPSA) is 95.7 Å². The van der Waals surface area contributed by atoms with E-state index in [1.807, 2.05) is 13.1 Å². The van der Waals surface area contributed by atoms with Gasteiger partial charge in [-0.15, -0.1) is 5.10 Å². The maximum absolute atomic E-state index is 13.6. The van der Waals surface area contributed by atoms with E-state index >= 15 is 0 Å². The minimum atomic E-state index is -0.535. The third-order valence-electron chi connectivity index (χ3n) is 10.4. The summed E-state index contributed by atoms with van der Waals surface area (Å²) in [7, 11) is 1.65. The van der Waals surface area contributed by atoms with Crippen molar-refractivity contribution in [2.45, 2.75) is 104 Å². The van der Waals surface area contributed by atoms with E-state index in [2.05, 4.69) is 24.2 Å². The zero-order valence-corrected chi connectivity index (χ0v) is 24.2. The summed E-state index contributed by atoms with van der Waals surface area (Å²) in [5, 5.41) is 19.0. The Morgan fingerprint density at radius 1 is 1.13 bits per heavy atom. The van der Waals surface area contributed by atoms with Crippen LogP contribution in [-0.4, -0.2) is 65.0 Å². The monoisotopic (exact) mass is 533 g/mol. The van der Waals surface area contributed by atoms with Gasteiger partial charge in [0.1, 0.15) is 12.2 Å². The molecule has 0 aromatic carbocycles. The molecule has 1 aromatic heterocycles. The van der Waals surface area contributed by atoms with E-state index in [0.717, 1.165) is 55.6 Å². The van der Waals surface area contributed by atoms with Gasteiger partial charge in [0, 0.05) is 13.0 Å². The first-order valence-corrected chi connectivity index (χ1v) is 15.1. The van der Waals surface area contributed by atoms with Gasteiger partial charge < -0.3 is 19.3 Å². The van der Waals surface area contributed by atoms with E-state index in [0.29, 0.717) is 51.3 Å². The molecule has 38 heavy (non-hydrogen) atoms. The maximum atomic E-state index is 13.6. The molecule has 0 amide bonds. The molecule has 3 aliphatic carbocycles. The summed E-state index contributed by atoms with van der Waals surface area (Å²) >= 11 is 0. The van der Waals surface area contributed by atoms with Gasteiger partial charge in [0.25, 0.3) is 0 Å². The SMILES string of the molecule is CC[C@](C)(O)CC[C@H]1CCC[C@@H]2[C@@H]1CC[C@]1(C)[C@@H](C(=O)Cn3cc(COCCOCCOC)nn3)CC[C@@H]21. The lowest BCUT2D eigenvalue weighted by Gasteiger charge is -2.53. The molecule has 0 spiro atoms. The van der Waals surface area contributed by atoms with Gasteiger partial charge in [0.05, 0.1) is 44.8 Å². The van der Waals surface area contributed by atoms with Crippen LogP contribution in [-0.2, 0) is 32.2 Å². The second-order valence-corrected chi connectivity index (χ2v) is 12.7.